The monoisotopic (exact) mass is 312 g/mol. The van der Waals surface area contributed by atoms with E-state index >= 15 is 0 Å². The Morgan fingerprint density at radius 3 is 2.67 bits per heavy atom. The average Bonchev–Trinajstić information content (AvgIpc) is 2.76. The van der Waals surface area contributed by atoms with Crippen molar-refractivity contribution in [2.75, 3.05) is 7.11 Å². The lowest BCUT2D eigenvalue weighted by Gasteiger charge is -2.27. The molecule has 21 heavy (non-hydrogen) atoms. The molecule has 1 atom stereocenters. The highest BCUT2D eigenvalue weighted by molar-refractivity contribution is 7.89. The second-order valence-electron chi connectivity index (χ2n) is 6.23. The molecule has 0 amide bonds. The van der Waals surface area contributed by atoms with E-state index < -0.39 is 10.0 Å². The van der Waals surface area contributed by atoms with Crippen LogP contribution in [0, 0.1) is 5.41 Å². The first kappa shape index (κ1) is 16.3. The second-order valence-corrected chi connectivity index (χ2v) is 7.95. The van der Waals surface area contributed by atoms with Crippen LogP contribution in [-0.2, 0) is 16.6 Å². The van der Waals surface area contributed by atoms with Crippen molar-refractivity contribution in [3.63, 3.8) is 0 Å². The van der Waals surface area contributed by atoms with Crippen LogP contribution in [0.3, 0.4) is 0 Å². The number of hydrogen-bond acceptors (Lipinski definition) is 4. The molecule has 0 heterocycles. The topological polar surface area (TPSA) is 81.4 Å². The minimum Gasteiger partial charge on any atom is -0.496 e. The van der Waals surface area contributed by atoms with Gasteiger partial charge in [-0.05, 0) is 36.5 Å². The summed E-state index contributed by atoms with van der Waals surface area (Å²) in [6, 6.07) is 4.77. The van der Waals surface area contributed by atoms with E-state index in [1.54, 1.807) is 25.3 Å². The summed E-state index contributed by atoms with van der Waals surface area (Å²) in [7, 11) is -1.99. The molecule has 1 unspecified atom stereocenters. The van der Waals surface area contributed by atoms with Crippen molar-refractivity contribution in [2.45, 2.75) is 50.6 Å². The quantitative estimate of drug-likeness (QED) is 0.871. The number of hydrogen-bond donors (Lipinski definition) is 2. The van der Waals surface area contributed by atoms with E-state index in [0.717, 1.165) is 19.3 Å². The van der Waals surface area contributed by atoms with E-state index in [9.17, 15) is 8.42 Å². The van der Waals surface area contributed by atoms with Gasteiger partial charge in [-0.2, -0.15) is 0 Å². The summed E-state index contributed by atoms with van der Waals surface area (Å²) >= 11 is 0. The third-order valence-electron chi connectivity index (χ3n) is 4.34. The molecule has 1 aromatic carbocycles. The molecule has 6 heteroatoms. The van der Waals surface area contributed by atoms with E-state index in [1.165, 1.54) is 0 Å². The average molecular weight is 312 g/mol. The Bertz CT molecular complexity index is 611. The molecule has 1 fully saturated rings. The van der Waals surface area contributed by atoms with Gasteiger partial charge in [0.1, 0.15) is 5.75 Å². The number of nitrogens with one attached hydrogen (secondary N) is 1. The fourth-order valence-corrected chi connectivity index (χ4v) is 4.37. The van der Waals surface area contributed by atoms with Crippen molar-refractivity contribution >= 4 is 10.0 Å². The molecule has 1 aliphatic rings. The largest absolute Gasteiger partial charge is 0.496 e. The van der Waals surface area contributed by atoms with Crippen LogP contribution in [0.15, 0.2) is 23.1 Å². The maximum Gasteiger partial charge on any atom is 0.240 e. The predicted octanol–water partition coefficient (Wildman–Crippen LogP) is 2.01. The van der Waals surface area contributed by atoms with Crippen LogP contribution in [0.5, 0.6) is 5.75 Å². The summed E-state index contributed by atoms with van der Waals surface area (Å²) < 4.78 is 33.1. The van der Waals surface area contributed by atoms with Gasteiger partial charge in [-0.15, -0.1) is 0 Å². The Balaban J connectivity index is 2.27. The lowest BCUT2D eigenvalue weighted by molar-refractivity contribution is 0.313. The molecule has 0 radical (unpaired) electrons. The zero-order chi connectivity index (χ0) is 15.7. The molecule has 1 aliphatic carbocycles. The zero-order valence-corrected chi connectivity index (χ0v) is 13.7. The van der Waals surface area contributed by atoms with E-state index in [1.807, 2.05) is 0 Å². The van der Waals surface area contributed by atoms with Crippen LogP contribution in [-0.4, -0.2) is 21.6 Å². The Morgan fingerprint density at radius 2 is 2.14 bits per heavy atom. The second kappa shape index (κ2) is 5.94. The molecule has 2 rings (SSSR count). The fourth-order valence-electron chi connectivity index (χ4n) is 2.88. The van der Waals surface area contributed by atoms with Crippen LogP contribution in [0.1, 0.15) is 38.7 Å². The third kappa shape index (κ3) is 3.39. The molecule has 0 aromatic heterocycles. The van der Waals surface area contributed by atoms with Gasteiger partial charge in [0.25, 0.3) is 0 Å². The van der Waals surface area contributed by atoms with Gasteiger partial charge >= 0.3 is 0 Å². The predicted molar refractivity (Wildman–Crippen MR) is 82.6 cm³/mol. The fraction of sp³-hybridized carbons (Fsp3) is 0.600. The summed E-state index contributed by atoms with van der Waals surface area (Å²) in [5.41, 5.74) is 6.33. The van der Waals surface area contributed by atoms with Gasteiger partial charge in [-0.1, -0.05) is 20.3 Å². The molecule has 0 saturated heterocycles. The number of methoxy groups -OCH3 is 1. The lowest BCUT2D eigenvalue weighted by Crippen LogP contribution is -2.41. The summed E-state index contributed by atoms with van der Waals surface area (Å²) in [5.74, 6) is 0.609. The summed E-state index contributed by atoms with van der Waals surface area (Å²) in [5, 5.41) is 0. The molecule has 1 saturated carbocycles. The summed E-state index contributed by atoms with van der Waals surface area (Å²) in [6.45, 7) is 4.44. The Morgan fingerprint density at radius 1 is 1.43 bits per heavy atom. The molecule has 0 spiro atoms. The number of benzene rings is 1. The third-order valence-corrected chi connectivity index (χ3v) is 5.81. The first-order valence-corrected chi connectivity index (χ1v) is 8.68. The number of ether oxygens (including phenoxy) is 1. The van der Waals surface area contributed by atoms with Gasteiger partial charge < -0.3 is 10.5 Å². The zero-order valence-electron chi connectivity index (χ0n) is 12.8. The highest BCUT2D eigenvalue weighted by atomic mass is 32.2. The number of rotatable bonds is 5. The molecule has 3 N–H and O–H groups in total. The molecule has 118 valence electrons. The van der Waals surface area contributed by atoms with Crippen molar-refractivity contribution in [1.82, 2.24) is 4.72 Å². The standard InChI is InChI=1S/C15H24N2O3S/c1-15(2)8-4-5-14(15)17-21(18,19)12-6-7-13(20-3)11(9-12)10-16/h6-7,9,14,17H,4-5,8,10,16H2,1-3H3. The SMILES string of the molecule is COc1ccc(S(=O)(=O)NC2CCCC2(C)C)cc1CN. The molecular formula is C15H24N2O3S. The lowest BCUT2D eigenvalue weighted by atomic mass is 9.88. The van der Waals surface area contributed by atoms with Gasteiger partial charge in [0.15, 0.2) is 0 Å². The Hall–Kier alpha value is -1.11. The minimum atomic E-state index is -3.53. The maximum atomic E-state index is 12.6. The van der Waals surface area contributed by atoms with Crippen LogP contribution in [0.4, 0.5) is 0 Å². The number of sulfonamides is 1. The van der Waals surface area contributed by atoms with Crippen LogP contribution in [0.25, 0.3) is 0 Å². The first-order valence-electron chi connectivity index (χ1n) is 7.19. The molecule has 0 bridgehead atoms. The van der Waals surface area contributed by atoms with Crippen molar-refractivity contribution < 1.29 is 13.2 Å². The van der Waals surface area contributed by atoms with E-state index in [-0.39, 0.29) is 22.9 Å². The first-order chi connectivity index (χ1) is 9.80. The van der Waals surface area contributed by atoms with Crippen LogP contribution < -0.4 is 15.2 Å². The smallest absolute Gasteiger partial charge is 0.240 e. The maximum absolute atomic E-state index is 12.6. The van der Waals surface area contributed by atoms with E-state index in [2.05, 4.69) is 18.6 Å². The van der Waals surface area contributed by atoms with Gasteiger partial charge in [-0.3, -0.25) is 0 Å². The minimum absolute atomic E-state index is 0.00373. The normalized spacial score (nSPS) is 21.4. The highest BCUT2D eigenvalue weighted by Gasteiger charge is 2.37. The summed E-state index contributed by atoms with van der Waals surface area (Å²) in [4.78, 5) is 0.242. The van der Waals surface area contributed by atoms with E-state index in [4.69, 9.17) is 10.5 Å². The van der Waals surface area contributed by atoms with Gasteiger partial charge in [-0.25, -0.2) is 13.1 Å². The Kier molecular flexibility index (Phi) is 4.60. The number of nitrogens with two attached hydrogens (primary N) is 1. The van der Waals surface area contributed by atoms with Crippen molar-refractivity contribution in [3.8, 4) is 5.75 Å². The van der Waals surface area contributed by atoms with E-state index in [0.29, 0.717) is 11.3 Å². The van der Waals surface area contributed by atoms with Crippen molar-refractivity contribution in [3.05, 3.63) is 23.8 Å². The molecule has 1 aromatic rings. The summed E-state index contributed by atoms with van der Waals surface area (Å²) in [6.07, 6.45) is 2.97. The van der Waals surface area contributed by atoms with Crippen molar-refractivity contribution in [2.24, 2.45) is 11.1 Å². The van der Waals surface area contributed by atoms with Gasteiger partial charge in [0, 0.05) is 18.2 Å². The van der Waals surface area contributed by atoms with Gasteiger partial charge in [0.2, 0.25) is 10.0 Å². The molecule has 0 aliphatic heterocycles. The van der Waals surface area contributed by atoms with Gasteiger partial charge in [0.05, 0.1) is 12.0 Å². The molecule has 5 nitrogen and oxygen atoms in total. The van der Waals surface area contributed by atoms with Crippen LogP contribution >= 0.6 is 0 Å². The Labute approximate surface area is 126 Å². The molecular weight excluding hydrogens is 288 g/mol. The van der Waals surface area contributed by atoms with Crippen LogP contribution in [0.2, 0.25) is 0 Å². The van der Waals surface area contributed by atoms with Crippen molar-refractivity contribution in [1.29, 1.82) is 0 Å². The highest BCUT2D eigenvalue weighted by Crippen LogP contribution is 2.38.